The van der Waals surface area contributed by atoms with Gasteiger partial charge in [-0.25, -0.2) is 0 Å². The Morgan fingerprint density at radius 3 is 2.59 bits per heavy atom. The molecule has 4 heteroatoms. The second-order valence-corrected chi connectivity index (χ2v) is 4.61. The zero-order valence-electron chi connectivity index (χ0n) is 10.3. The van der Waals surface area contributed by atoms with Crippen LogP contribution in [0, 0.1) is 6.92 Å². The Morgan fingerprint density at radius 1 is 1.41 bits per heavy atom. The highest BCUT2D eigenvalue weighted by Crippen LogP contribution is 2.28. The predicted octanol–water partition coefficient (Wildman–Crippen LogP) is 3.62. The number of aliphatic hydroxyl groups excluding tert-OH is 1. The van der Waals surface area contributed by atoms with E-state index in [0.29, 0.717) is 5.02 Å². The minimum absolute atomic E-state index is 0. The van der Waals surface area contributed by atoms with Crippen LogP contribution in [-0.4, -0.2) is 11.2 Å². The van der Waals surface area contributed by atoms with Crippen LogP contribution in [0.3, 0.4) is 0 Å². The van der Waals surface area contributed by atoms with Crippen LogP contribution in [0.25, 0.3) is 0 Å². The number of nitrogens with two attached hydrogens (primary N) is 1. The highest BCUT2D eigenvalue weighted by Gasteiger charge is 2.20. The number of unbranched alkanes of at least 4 members (excludes halogenated alkanes) is 1. The first-order valence-corrected chi connectivity index (χ1v) is 6.14. The van der Waals surface area contributed by atoms with E-state index >= 15 is 0 Å². The molecule has 0 bridgehead atoms. The molecule has 0 spiro atoms. The van der Waals surface area contributed by atoms with Crippen molar-refractivity contribution in [2.45, 2.75) is 45.3 Å². The van der Waals surface area contributed by atoms with Gasteiger partial charge >= 0.3 is 0 Å². The van der Waals surface area contributed by atoms with Crippen molar-refractivity contribution in [3.8, 4) is 0 Å². The minimum atomic E-state index is -0.515. The molecular formula is C13H21Cl2NO. The van der Waals surface area contributed by atoms with Crippen molar-refractivity contribution in [1.82, 2.24) is 0 Å². The van der Waals surface area contributed by atoms with Gasteiger partial charge in [0.15, 0.2) is 0 Å². The molecular weight excluding hydrogens is 257 g/mol. The number of rotatable bonds is 5. The molecule has 0 heterocycles. The van der Waals surface area contributed by atoms with E-state index in [9.17, 15) is 5.11 Å². The van der Waals surface area contributed by atoms with Crippen LogP contribution in [0.2, 0.25) is 5.02 Å². The van der Waals surface area contributed by atoms with E-state index in [1.54, 1.807) is 0 Å². The lowest BCUT2D eigenvalue weighted by atomic mass is 9.95. The fourth-order valence-corrected chi connectivity index (χ4v) is 2.20. The Labute approximate surface area is 115 Å². The molecule has 2 nitrogen and oxygen atoms in total. The molecule has 0 amide bonds. The zero-order chi connectivity index (χ0) is 12.1. The number of benzene rings is 1. The lowest BCUT2D eigenvalue weighted by Crippen LogP contribution is -2.27. The molecule has 0 unspecified atom stereocenters. The zero-order valence-corrected chi connectivity index (χ0v) is 11.9. The molecule has 17 heavy (non-hydrogen) atoms. The van der Waals surface area contributed by atoms with E-state index in [2.05, 4.69) is 6.92 Å². The lowest BCUT2D eigenvalue weighted by Gasteiger charge is -2.21. The van der Waals surface area contributed by atoms with Crippen molar-refractivity contribution in [3.63, 3.8) is 0 Å². The molecule has 0 saturated carbocycles. The van der Waals surface area contributed by atoms with Crippen LogP contribution in [-0.2, 0) is 0 Å². The third-order valence-electron chi connectivity index (χ3n) is 2.87. The van der Waals surface area contributed by atoms with Gasteiger partial charge in [-0.2, -0.15) is 0 Å². The molecule has 0 aliphatic heterocycles. The molecule has 0 fully saturated rings. The molecule has 98 valence electrons. The molecule has 0 radical (unpaired) electrons. The van der Waals surface area contributed by atoms with Crippen LogP contribution >= 0.6 is 24.0 Å². The smallest absolute Gasteiger partial charge is 0.0733 e. The van der Waals surface area contributed by atoms with Crippen molar-refractivity contribution < 1.29 is 5.11 Å². The Hall–Kier alpha value is -0.280. The molecule has 0 aliphatic carbocycles. The largest absolute Gasteiger partial charge is 0.391 e. The van der Waals surface area contributed by atoms with Gasteiger partial charge < -0.3 is 10.8 Å². The van der Waals surface area contributed by atoms with Crippen LogP contribution in [0.4, 0.5) is 0 Å². The van der Waals surface area contributed by atoms with E-state index in [-0.39, 0.29) is 18.4 Å². The SMILES string of the molecule is CCCC[C@H](O)[C@H](N)c1c(C)cccc1Cl.Cl. The van der Waals surface area contributed by atoms with Crippen molar-refractivity contribution in [2.75, 3.05) is 0 Å². The number of halogens is 2. The first-order valence-electron chi connectivity index (χ1n) is 5.76. The van der Waals surface area contributed by atoms with Gasteiger partial charge in [0.2, 0.25) is 0 Å². The third-order valence-corrected chi connectivity index (χ3v) is 3.20. The number of aryl methyl sites for hydroxylation is 1. The summed E-state index contributed by atoms with van der Waals surface area (Å²) in [5.41, 5.74) is 7.95. The summed E-state index contributed by atoms with van der Waals surface area (Å²) >= 11 is 6.11. The van der Waals surface area contributed by atoms with Crippen LogP contribution in [0.5, 0.6) is 0 Å². The van der Waals surface area contributed by atoms with Crippen LogP contribution in [0.15, 0.2) is 18.2 Å². The molecule has 1 aromatic carbocycles. The predicted molar refractivity (Wildman–Crippen MR) is 75.9 cm³/mol. The number of hydrogen-bond acceptors (Lipinski definition) is 2. The van der Waals surface area contributed by atoms with Gasteiger partial charge in [0.05, 0.1) is 12.1 Å². The molecule has 3 N–H and O–H groups in total. The van der Waals surface area contributed by atoms with Crippen molar-refractivity contribution in [3.05, 3.63) is 34.3 Å². The molecule has 0 aromatic heterocycles. The molecule has 1 rings (SSSR count). The maximum Gasteiger partial charge on any atom is 0.0733 e. The van der Waals surface area contributed by atoms with E-state index in [0.717, 1.165) is 30.4 Å². The fourth-order valence-electron chi connectivity index (χ4n) is 1.85. The van der Waals surface area contributed by atoms with Gasteiger partial charge in [-0.1, -0.05) is 43.5 Å². The summed E-state index contributed by atoms with van der Waals surface area (Å²) in [4.78, 5) is 0. The first-order chi connectivity index (χ1) is 7.57. The van der Waals surface area contributed by atoms with Gasteiger partial charge in [-0.05, 0) is 30.5 Å². The monoisotopic (exact) mass is 277 g/mol. The Balaban J connectivity index is 0.00000256. The Morgan fingerprint density at radius 2 is 2.06 bits per heavy atom. The van der Waals surface area contributed by atoms with Gasteiger partial charge in [0.1, 0.15) is 0 Å². The van der Waals surface area contributed by atoms with Crippen LogP contribution < -0.4 is 5.73 Å². The van der Waals surface area contributed by atoms with E-state index in [1.165, 1.54) is 0 Å². The minimum Gasteiger partial charge on any atom is -0.391 e. The third kappa shape index (κ3) is 4.47. The number of hydrogen-bond donors (Lipinski definition) is 2. The summed E-state index contributed by atoms with van der Waals surface area (Å²) in [6.07, 6.45) is 2.25. The van der Waals surface area contributed by atoms with E-state index < -0.39 is 6.10 Å². The van der Waals surface area contributed by atoms with Crippen molar-refractivity contribution in [2.24, 2.45) is 5.73 Å². The summed E-state index contributed by atoms with van der Waals surface area (Å²) in [5, 5.41) is 10.6. The van der Waals surface area contributed by atoms with Gasteiger partial charge in [-0.15, -0.1) is 12.4 Å². The Bertz CT molecular complexity index is 324. The highest BCUT2D eigenvalue weighted by molar-refractivity contribution is 6.31. The average molecular weight is 278 g/mol. The van der Waals surface area contributed by atoms with Crippen molar-refractivity contribution in [1.29, 1.82) is 0 Å². The Kier molecular flexibility index (Phi) is 7.80. The topological polar surface area (TPSA) is 46.2 Å². The quantitative estimate of drug-likeness (QED) is 0.864. The molecule has 0 saturated heterocycles. The van der Waals surface area contributed by atoms with E-state index in [4.69, 9.17) is 17.3 Å². The average Bonchev–Trinajstić information content (AvgIpc) is 2.25. The fraction of sp³-hybridized carbons (Fsp3) is 0.538. The summed E-state index contributed by atoms with van der Waals surface area (Å²) in [7, 11) is 0. The van der Waals surface area contributed by atoms with E-state index in [1.807, 2.05) is 25.1 Å². The van der Waals surface area contributed by atoms with Crippen LogP contribution in [0.1, 0.15) is 43.4 Å². The lowest BCUT2D eigenvalue weighted by molar-refractivity contribution is 0.132. The summed E-state index contributed by atoms with van der Waals surface area (Å²) in [6, 6.07) is 5.29. The first kappa shape index (κ1) is 16.7. The summed E-state index contributed by atoms with van der Waals surface area (Å²) < 4.78 is 0. The summed E-state index contributed by atoms with van der Waals surface area (Å²) in [5.74, 6) is 0. The summed E-state index contributed by atoms with van der Waals surface area (Å²) in [6.45, 7) is 4.06. The van der Waals surface area contributed by atoms with Gasteiger partial charge in [0, 0.05) is 5.02 Å². The standard InChI is InChI=1S/C13H20ClNO.ClH/c1-3-4-8-11(16)13(15)12-9(2)6-5-7-10(12)14;/h5-7,11,13,16H,3-4,8,15H2,1-2H3;1H/t11-,13-;/m0./s1. The highest BCUT2D eigenvalue weighted by atomic mass is 35.5. The number of aliphatic hydroxyl groups is 1. The normalized spacial score (nSPS) is 13.9. The van der Waals surface area contributed by atoms with Gasteiger partial charge in [0.25, 0.3) is 0 Å². The maximum atomic E-state index is 9.97. The second-order valence-electron chi connectivity index (χ2n) is 4.21. The van der Waals surface area contributed by atoms with Crippen molar-refractivity contribution >= 4 is 24.0 Å². The molecule has 1 aromatic rings. The second kappa shape index (κ2) is 7.93. The molecule has 2 atom stereocenters. The molecule has 0 aliphatic rings. The maximum absolute atomic E-state index is 9.97. The van der Waals surface area contributed by atoms with Gasteiger partial charge in [-0.3, -0.25) is 0 Å².